The standard InChI is InChI=1S/C19H22F2N4O3/c1-3-28-19(27)18-17(22-24-23-18)15-5-4-8-25(15)16(26)9-11(2)13-7-6-12(20)10-14(13)21/h6-7,10-11,15H,3-5,8-9H2,1-2H3,(H,22,23,24). The molecular formula is C19H22F2N4O3. The van der Waals surface area contributed by atoms with Gasteiger partial charge in [-0.3, -0.25) is 4.79 Å². The maximum absolute atomic E-state index is 14.0. The van der Waals surface area contributed by atoms with Crippen LogP contribution in [0.3, 0.4) is 0 Å². The van der Waals surface area contributed by atoms with Crippen LogP contribution in [0.2, 0.25) is 0 Å². The Hall–Kier alpha value is -2.84. The Kier molecular flexibility index (Phi) is 6.01. The predicted octanol–water partition coefficient (Wildman–Crippen LogP) is 3.12. The van der Waals surface area contributed by atoms with Gasteiger partial charge in [-0.2, -0.15) is 10.3 Å². The molecule has 1 aliphatic heterocycles. The number of carbonyl (C=O) groups is 2. The van der Waals surface area contributed by atoms with Crippen molar-refractivity contribution in [2.75, 3.05) is 13.2 Å². The Morgan fingerprint density at radius 1 is 1.36 bits per heavy atom. The number of hydrogen-bond donors (Lipinski definition) is 1. The number of halogens is 2. The van der Waals surface area contributed by atoms with Gasteiger partial charge in [0.1, 0.15) is 17.3 Å². The lowest BCUT2D eigenvalue weighted by Gasteiger charge is -2.25. The molecule has 28 heavy (non-hydrogen) atoms. The molecule has 1 amide bonds. The van der Waals surface area contributed by atoms with Crippen LogP contribution in [0.1, 0.15) is 66.8 Å². The summed E-state index contributed by atoms with van der Waals surface area (Å²) in [4.78, 5) is 26.6. The molecule has 1 fully saturated rings. The number of H-pyrrole nitrogens is 1. The summed E-state index contributed by atoms with van der Waals surface area (Å²) in [5.41, 5.74) is 0.744. The van der Waals surface area contributed by atoms with Crippen LogP contribution in [0.15, 0.2) is 18.2 Å². The number of nitrogens with zero attached hydrogens (tertiary/aromatic N) is 3. The third-order valence-corrected chi connectivity index (χ3v) is 4.91. The molecule has 2 heterocycles. The first-order chi connectivity index (χ1) is 13.4. The van der Waals surface area contributed by atoms with Crippen LogP contribution in [0.25, 0.3) is 0 Å². The van der Waals surface area contributed by atoms with E-state index in [1.807, 2.05) is 0 Å². The minimum absolute atomic E-state index is 0.0612. The van der Waals surface area contributed by atoms with E-state index in [1.54, 1.807) is 18.7 Å². The van der Waals surface area contributed by atoms with E-state index in [-0.39, 0.29) is 24.6 Å². The fraction of sp³-hybridized carbons (Fsp3) is 0.474. The molecule has 3 rings (SSSR count). The maximum Gasteiger partial charge on any atom is 0.360 e. The molecule has 2 unspecified atom stereocenters. The summed E-state index contributed by atoms with van der Waals surface area (Å²) in [6.07, 6.45) is 1.46. The molecule has 1 N–H and O–H groups in total. The number of nitrogens with one attached hydrogen (secondary N) is 1. The van der Waals surface area contributed by atoms with Crippen LogP contribution in [-0.4, -0.2) is 45.3 Å². The van der Waals surface area contributed by atoms with E-state index in [1.165, 1.54) is 12.1 Å². The van der Waals surface area contributed by atoms with Crippen LogP contribution in [-0.2, 0) is 9.53 Å². The minimum atomic E-state index is -0.667. The topological polar surface area (TPSA) is 88.2 Å². The van der Waals surface area contributed by atoms with Crippen molar-refractivity contribution in [1.82, 2.24) is 20.3 Å². The fourth-order valence-electron chi connectivity index (χ4n) is 3.56. The van der Waals surface area contributed by atoms with Crippen molar-refractivity contribution in [1.29, 1.82) is 0 Å². The molecule has 1 aromatic heterocycles. The largest absolute Gasteiger partial charge is 0.461 e. The van der Waals surface area contributed by atoms with Crippen molar-refractivity contribution in [3.8, 4) is 0 Å². The Balaban J connectivity index is 1.75. The zero-order valence-corrected chi connectivity index (χ0v) is 15.7. The Labute approximate surface area is 161 Å². The summed E-state index contributed by atoms with van der Waals surface area (Å²) in [7, 11) is 0. The number of aromatic nitrogens is 3. The van der Waals surface area contributed by atoms with Crippen LogP contribution in [0.5, 0.6) is 0 Å². The molecule has 0 aliphatic carbocycles. The average Bonchev–Trinajstić information content (AvgIpc) is 3.30. The number of ether oxygens (including phenoxy) is 1. The zero-order chi connectivity index (χ0) is 20.3. The average molecular weight is 392 g/mol. The van der Waals surface area contributed by atoms with E-state index in [0.717, 1.165) is 12.5 Å². The highest BCUT2D eigenvalue weighted by Gasteiger charge is 2.36. The van der Waals surface area contributed by atoms with Crippen LogP contribution < -0.4 is 0 Å². The molecule has 1 aliphatic rings. The molecule has 2 aromatic rings. The first-order valence-electron chi connectivity index (χ1n) is 9.24. The van der Waals surface area contributed by atoms with Gasteiger partial charge in [0.05, 0.1) is 12.6 Å². The Morgan fingerprint density at radius 2 is 2.14 bits per heavy atom. The molecule has 0 bridgehead atoms. The molecule has 1 aromatic carbocycles. The van der Waals surface area contributed by atoms with Gasteiger partial charge in [0.15, 0.2) is 5.69 Å². The Bertz CT molecular complexity index is 871. The minimum Gasteiger partial charge on any atom is -0.461 e. The molecule has 150 valence electrons. The van der Waals surface area contributed by atoms with E-state index < -0.39 is 29.6 Å². The first kappa shape index (κ1) is 19.9. The maximum atomic E-state index is 14.0. The lowest BCUT2D eigenvalue weighted by atomic mass is 9.96. The summed E-state index contributed by atoms with van der Waals surface area (Å²) < 4.78 is 32.1. The van der Waals surface area contributed by atoms with E-state index in [2.05, 4.69) is 15.4 Å². The molecule has 1 saturated heterocycles. The van der Waals surface area contributed by atoms with Crippen molar-refractivity contribution in [2.24, 2.45) is 0 Å². The van der Waals surface area contributed by atoms with Crippen LogP contribution in [0, 0.1) is 11.6 Å². The molecule has 2 atom stereocenters. The van der Waals surface area contributed by atoms with Crippen molar-refractivity contribution in [3.63, 3.8) is 0 Å². The summed E-state index contributed by atoms with van der Waals surface area (Å²) >= 11 is 0. The van der Waals surface area contributed by atoms with E-state index in [9.17, 15) is 18.4 Å². The van der Waals surface area contributed by atoms with Crippen molar-refractivity contribution in [2.45, 2.75) is 45.1 Å². The molecule has 9 heteroatoms. The molecule has 0 spiro atoms. The van der Waals surface area contributed by atoms with Gasteiger partial charge in [0.25, 0.3) is 0 Å². The number of hydrogen-bond acceptors (Lipinski definition) is 5. The van der Waals surface area contributed by atoms with Gasteiger partial charge >= 0.3 is 5.97 Å². The van der Waals surface area contributed by atoms with Crippen molar-refractivity contribution >= 4 is 11.9 Å². The van der Waals surface area contributed by atoms with Gasteiger partial charge in [0.2, 0.25) is 5.91 Å². The molecular weight excluding hydrogens is 370 g/mol. The monoisotopic (exact) mass is 392 g/mol. The van der Waals surface area contributed by atoms with Gasteiger partial charge in [-0.15, -0.1) is 5.10 Å². The number of aromatic amines is 1. The quantitative estimate of drug-likeness (QED) is 0.763. The van der Waals surface area contributed by atoms with E-state index in [4.69, 9.17) is 4.74 Å². The van der Waals surface area contributed by atoms with Gasteiger partial charge in [-0.25, -0.2) is 13.6 Å². The highest BCUT2D eigenvalue weighted by atomic mass is 19.1. The number of carbonyl (C=O) groups excluding carboxylic acids is 2. The van der Waals surface area contributed by atoms with Gasteiger partial charge in [-0.05, 0) is 37.3 Å². The fourth-order valence-corrected chi connectivity index (χ4v) is 3.56. The van der Waals surface area contributed by atoms with Crippen molar-refractivity contribution < 1.29 is 23.1 Å². The van der Waals surface area contributed by atoms with E-state index >= 15 is 0 Å². The lowest BCUT2D eigenvalue weighted by Crippen LogP contribution is -2.32. The second kappa shape index (κ2) is 8.45. The van der Waals surface area contributed by atoms with Crippen LogP contribution >= 0.6 is 0 Å². The summed E-state index contributed by atoms with van der Waals surface area (Å²) in [5.74, 6) is -2.52. The van der Waals surface area contributed by atoms with Gasteiger partial charge in [-0.1, -0.05) is 13.0 Å². The summed E-state index contributed by atoms with van der Waals surface area (Å²) in [5, 5.41) is 10.4. The lowest BCUT2D eigenvalue weighted by molar-refractivity contribution is -0.132. The van der Waals surface area contributed by atoms with Gasteiger partial charge in [0, 0.05) is 19.0 Å². The molecule has 0 radical (unpaired) electrons. The highest BCUT2D eigenvalue weighted by molar-refractivity contribution is 5.88. The zero-order valence-electron chi connectivity index (χ0n) is 15.7. The second-order valence-electron chi connectivity index (χ2n) is 6.79. The highest BCUT2D eigenvalue weighted by Crippen LogP contribution is 2.34. The smallest absolute Gasteiger partial charge is 0.360 e. The summed E-state index contributed by atoms with van der Waals surface area (Å²) in [6, 6.07) is 2.96. The SMILES string of the molecule is CCOC(=O)c1n[nH]nc1C1CCCN1C(=O)CC(C)c1ccc(F)cc1F. The van der Waals surface area contributed by atoms with E-state index in [0.29, 0.717) is 24.2 Å². The number of amides is 1. The number of rotatable bonds is 6. The predicted molar refractivity (Wildman–Crippen MR) is 95.4 cm³/mol. The third-order valence-electron chi connectivity index (χ3n) is 4.91. The first-order valence-corrected chi connectivity index (χ1v) is 9.24. The van der Waals surface area contributed by atoms with Crippen molar-refractivity contribution in [3.05, 3.63) is 46.8 Å². The molecule has 0 saturated carbocycles. The number of esters is 1. The molecule has 7 nitrogen and oxygen atoms in total. The van der Waals surface area contributed by atoms with Gasteiger partial charge < -0.3 is 9.64 Å². The Morgan fingerprint density at radius 3 is 2.86 bits per heavy atom. The van der Waals surface area contributed by atoms with Crippen LogP contribution in [0.4, 0.5) is 8.78 Å². The number of likely N-dealkylation sites (tertiary alicyclic amines) is 1. The summed E-state index contributed by atoms with van der Waals surface area (Å²) in [6.45, 7) is 4.13. The normalized spacial score (nSPS) is 17.6. The number of benzene rings is 1. The second-order valence-corrected chi connectivity index (χ2v) is 6.79. The third kappa shape index (κ3) is 4.02.